The van der Waals surface area contributed by atoms with Crippen LogP contribution in [-0.2, 0) is 14.8 Å². The number of hydrogen-bond acceptors (Lipinski definition) is 5. The van der Waals surface area contributed by atoms with Crippen LogP contribution < -0.4 is 19.1 Å². The number of carbonyl (C=O) groups is 1. The fraction of sp³-hybridized carbons (Fsp3) is 0.174. The molecule has 0 atom stereocenters. The van der Waals surface area contributed by atoms with Crippen molar-refractivity contribution in [2.45, 2.75) is 4.90 Å². The molecule has 3 rings (SSSR count). The Morgan fingerprint density at radius 2 is 1.56 bits per heavy atom. The van der Waals surface area contributed by atoms with Crippen LogP contribution in [-0.4, -0.2) is 41.1 Å². The Bertz CT molecular complexity index is 1120. The van der Waals surface area contributed by atoms with Crippen molar-refractivity contribution in [2.75, 3.05) is 31.1 Å². The quantitative estimate of drug-likeness (QED) is 0.472. The Hall–Kier alpha value is -3.59. The first kappa shape index (κ1) is 23.1. The Morgan fingerprint density at radius 1 is 0.938 bits per heavy atom. The number of hydrogen-bond donors (Lipinski definition) is 1. The highest BCUT2D eigenvalue weighted by Crippen LogP contribution is 2.25. The maximum Gasteiger partial charge on any atom is 0.264 e. The van der Waals surface area contributed by atoms with E-state index in [1.54, 1.807) is 42.5 Å². The SMILES string of the molecule is COc1ccc(N(CC(=O)NCCOc2ccc(F)cc2)S(=O)(=O)c2ccccc2)cc1. The predicted octanol–water partition coefficient (Wildman–Crippen LogP) is 3.22. The van der Waals surface area contributed by atoms with E-state index in [9.17, 15) is 17.6 Å². The number of benzene rings is 3. The maximum atomic E-state index is 13.2. The van der Waals surface area contributed by atoms with Crippen LogP contribution in [0.25, 0.3) is 0 Å². The molecule has 0 aliphatic rings. The molecule has 0 aliphatic carbocycles. The van der Waals surface area contributed by atoms with Crippen molar-refractivity contribution >= 4 is 21.6 Å². The van der Waals surface area contributed by atoms with Crippen molar-refractivity contribution in [1.82, 2.24) is 5.32 Å². The van der Waals surface area contributed by atoms with Crippen LogP contribution in [0, 0.1) is 5.82 Å². The molecule has 3 aromatic carbocycles. The monoisotopic (exact) mass is 458 g/mol. The van der Waals surface area contributed by atoms with Crippen LogP contribution in [0.4, 0.5) is 10.1 Å². The Labute approximate surface area is 186 Å². The zero-order valence-corrected chi connectivity index (χ0v) is 18.2. The van der Waals surface area contributed by atoms with Gasteiger partial charge >= 0.3 is 0 Å². The standard InChI is InChI=1S/C23H23FN2O5S/c1-30-20-13-9-19(10-14-20)26(32(28,29)22-5-3-2-4-6-22)17-23(27)25-15-16-31-21-11-7-18(24)8-12-21/h2-14H,15-17H2,1H3,(H,25,27). The number of rotatable bonds is 10. The van der Waals surface area contributed by atoms with Gasteiger partial charge in [0, 0.05) is 0 Å². The van der Waals surface area contributed by atoms with Gasteiger partial charge in [0.25, 0.3) is 10.0 Å². The molecular formula is C23H23FN2O5S. The van der Waals surface area contributed by atoms with Crippen molar-refractivity contribution in [1.29, 1.82) is 0 Å². The molecule has 0 aliphatic heterocycles. The Morgan fingerprint density at radius 3 is 2.19 bits per heavy atom. The summed E-state index contributed by atoms with van der Waals surface area (Å²) in [6, 6.07) is 19.8. The highest BCUT2D eigenvalue weighted by molar-refractivity contribution is 7.92. The fourth-order valence-corrected chi connectivity index (χ4v) is 4.30. The predicted molar refractivity (Wildman–Crippen MR) is 119 cm³/mol. The number of halogens is 1. The van der Waals surface area contributed by atoms with Crippen molar-refractivity contribution in [3.05, 3.63) is 84.7 Å². The lowest BCUT2D eigenvalue weighted by atomic mass is 10.3. The minimum atomic E-state index is -3.98. The average Bonchev–Trinajstić information content (AvgIpc) is 2.82. The van der Waals surface area contributed by atoms with Gasteiger partial charge < -0.3 is 14.8 Å². The lowest BCUT2D eigenvalue weighted by Crippen LogP contribution is -2.41. The highest BCUT2D eigenvalue weighted by atomic mass is 32.2. The number of anilines is 1. The van der Waals surface area contributed by atoms with Crippen molar-refractivity contribution in [3.8, 4) is 11.5 Å². The van der Waals surface area contributed by atoms with Crippen molar-refractivity contribution in [3.63, 3.8) is 0 Å². The zero-order chi connectivity index (χ0) is 23.0. The van der Waals surface area contributed by atoms with Gasteiger partial charge in [0.1, 0.15) is 30.5 Å². The second-order valence-corrected chi connectivity index (χ2v) is 8.54. The van der Waals surface area contributed by atoms with Gasteiger partial charge in [-0.2, -0.15) is 0 Å². The molecule has 0 bridgehead atoms. The van der Waals surface area contributed by atoms with Crippen molar-refractivity contribution < 1.29 is 27.1 Å². The van der Waals surface area contributed by atoms with Gasteiger partial charge in [0.2, 0.25) is 5.91 Å². The van der Waals surface area contributed by atoms with E-state index in [0.717, 1.165) is 4.31 Å². The molecule has 0 spiro atoms. The van der Waals surface area contributed by atoms with Gasteiger partial charge in [-0.05, 0) is 60.7 Å². The fourth-order valence-electron chi connectivity index (χ4n) is 2.86. The minimum absolute atomic E-state index is 0.0725. The highest BCUT2D eigenvalue weighted by Gasteiger charge is 2.27. The minimum Gasteiger partial charge on any atom is -0.497 e. The summed E-state index contributed by atoms with van der Waals surface area (Å²) in [5.74, 6) is 0.160. The molecule has 32 heavy (non-hydrogen) atoms. The van der Waals surface area contributed by atoms with Gasteiger partial charge in [-0.15, -0.1) is 0 Å². The number of ether oxygens (including phenoxy) is 2. The molecule has 0 saturated heterocycles. The normalized spacial score (nSPS) is 10.9. The molecule has 3 aromatic rings. The molecule has 0 aromatic heterocycles. The first-order valence-electron chi connectivity index (χ1n) is 9.77. The lowest BCUT2D eigenvalue weighted by molar-refractivity contribution is -0.119. The number of methoxy groups -OCH3 is 1. The molecule has 1 N–H and O–H groups in total. The van der Waals surface area contributed by atoms with Gasteiger partial charge in [0.15, 0.2) is 0 Å². The van der Waals surface area contributed by atoms with Gasteiger partial charge in [0.05, 0.1) is 24.2 Å². The lowest BCUT2D eigenvalue weighted by Gasteiger charge is -2.24. The van der Waals surface area contributed by atoms with E-state index in [1.165, 1.54) is 43.5 Å². The summed E-state index contributed by atoms with van der Waals surface area (Å²) in [6.07, 6.45) is 0. The van der Waals surface area contributed by atoms with E-state index in [0.29, 0.717) is 17.2 Å². The van der Waals surface area contributed by atoms with E-state index >= 15 is 0 Å². The van der Waals surface area contributed by atoms with E-state index in [1.807, 2.05) is 0 Å². The molecule has 0 radical (unpaired) electrons. The third-order valence-corrected chi connectivity index (χ3v) is 6.27. The van der Waals surface area contributed by atoms with Crippen LogP contribution in [0.1, 0.15) is 0 Å². The van der Waals surface area contributed by atoms with Crippen LogP contribution in [0.3, 0.4) is 0 Å². The van der Waals surface area contributed by atoms with Crippen LogP contribution in [0.15, 0.2) is 83.8 Å². The van der Waals surface area contributed by atoms with E-state index in [2.05, 4.69) is 5.32 Å². The maximum absolute atomic E-state index is 13.2. The van der Waals surface area contributed by atoms with E-state index in [4.69, 9.17) is 9.47 Å². The molecule has 0 heterocycles. The second-order valence-electron chi connectivity index (χ2n) is 6.68. The topological polar surface area (TPSA) is 84.9 Å². The van der Waals surface area contributed by atoms with Crippen molar-refractivity contribution in [2.24, 2.45) is 0 Å². The first-order chi connectivity index (χ1) is 15.4. The molecule has 0 unspecified atom stereocenters. The molecule has 0 fully saturated rings. The smallest absolute Gasteiger partial charge is 0.264 e. The summed E-state index contributed by atoms with van der Waals surface area (Å²) in [4.78, 5) is 12.6. The molecule has 7 nitrogen and oxygen atoms in total. The Balaban J connectivity index is 1.69. The van der Waals surface area contributed by atoms with E-state index in [-0.39, 0.29) is 23.9 Å². The number of amides is 1. The summed E-state index contributed by atoms with van der Waals surface area (Å²) in [5.41, 5.74) is 0.326. The molecule has 1 amide bonds. The third kappa shape index (κ3) is 5.98. The number of nitrogens with zero attached hydrogens (tertiary/aromatic N) is 1. The average molecular weight is 459 g/mol. The van der Waals surface area contributed by atoms with Gasteiger partial charge in [-0.3, -0.25) is 9.10 Å². The van der Waals surface area contributed by atoms with Crippen LogP contribution in [0.2, 0.25) is 0 Å². The van der Waals surface area contributed by atoms with Crippen LogP contribution >= 0.6 is 0 Å². The third-order valence-electron chi connectivity index (χ3n) is 4.49. The Kier molecular flexibility index (Phi) is 7.67. The van der Waals surface area contributed by atoms with Crippen LogP contribution in [0.5, 0.6) is 11.5 Å². The summed E-state index contributed by atoms with van der Waals surface area (Å²) in [6.45, 7) is -0.122. The van der Waals surface area contributed by atoms with E-state index < -0.39 is 22.5 Å². The first-order valence-corrected chi connectivity index (χ1v) is 11.2. The zero-order valence-electron chi connectivity index (χ0n) is 17.4. The molecular weight excluding hydrogens is 435 g/mol. The summed E-state index contributed by atoms with van der Waals surface area (Å²) in [5, 5.41) is 2.64. The summed E-state index contributed by atoms with van der Waals surface area (Å²) in [7, 11) is -2.47. The van der Waals surface area contributed by atoms with Gasteiger partial charge in [-0.1, -0.05) is 18.2 Å². The summed E-state index contributed by atoms with van der Waals surface area (Å²) >= 11 is 0. The van der Waals surface area contributed by atoms with Gasteiger partial charge in [-0.25, -0.2) is 12.8 Å². The molecule has 0 saturated carbocycles. The molecule has 168 valence electrons. The number of sulfonamides is 1. The summed E-state index contributed by atoms with van der Waals surface area (Å²) < 4.78 is 51.0. The largest absolute Gasteiger partial charge is 0.497 e. The number of nitrogens with one attached hydrogen (secondary N) is 1. The molecule has 9 heteroatoms. The number of carbonyl (C=O) groups excluding carboxylic acids is 1. The second kappa shape index (κ2) is 10.6.